The fourth-order valence-corrected chi connectivity index (χ4v) is 2.16. The Morgan fingerprint density at radius 2 is 2.00 bits per heavy atom. The largest absolute Gasteiger partial charge is 0.330 e. The van der Waals surface area contributed by atoms with Gasteiger partial charge in [0.1, 0.15) is 0 Å². The van der Waals surface area contributed by atoms with Gasteiger partial charge in [-0.1, -0.05) is 6.92 Å². The fraction of sp³-hybridized carbons (Fsp3) is 1.00. The molecule has 3 nitrogen and oxygen atoms in total. The van der Waals surface area contributed by atoms with Crippen LogP contribution in [0.4, 0.5) is 0 Å². The van der Waals surface area contributed by atoms with Crippen molar-refractivity contribution in [1.82, 2.24) is 10.2 Å². The Bertz CT molecular complexity index is 132. The van der Waals surface area contributed by atoms with E-state index in [1.54, 1.807) is 0 Å². The summed E-state index contributed by atoms with van der Waals surface area (Å²) in [7, 11) is 0. The molecule has 1 fully saturated rings. The lowest BCUT2D eigenvalue weighted by Gasteiger charge is -2.33. The van der Waals surface area contributed by atoms with E-state index in [9.17, 15) is 0 Å². The van der Waals surface area contributed by atoms with Crippen molar-refractivity contribution in [3.05, 3.63) is 0 Å². The van der Waals surface area contributed by atoms with Crippen molar-refractivity contribution < 1.29 is 0 Å². The van der Waals surface area contributed by atoms with Crippen molar-refractivity contribution >= 4 is 0 Å². The molecule has 0 aromatic carbocycles. The van der Waals surface area contributed by atoms with Gasteiger partial charge in [0.05, 0.1) is 0 Å². The van der Waals surface area contributed by atoms with E-state index in [4.69, 9.17) is 5.73 Å². The van der Waals surface area contributed by atoms with Crippen molar-refractivity contribution in [2.75, 3.05) is 32.7 Å². The minimum atomic E-state index is 0.777. The van der Waals surface area contributed by atoms with Crippen LogP contribution < -0.4 is 11.1 Å². The molecular formula is C11H24N3. The van der Waals surface area contributed by atoms with Gasteiger partial charge in [-0.3, -0.25) is 0 Å². The minimum absolute atomic E-state index is 0.777. The number of rotatable bonds is 6. The Morgan fingerprint density at radius 1 is 1.29 bits per heavy atom. The van der Waals surface area contributed by atoms with Crippen LogP contribution in [0.2, 0.25) is 0 Å². The lowest BCUT2D eigenvalue weighted by molar-refractivity contribution is 0.160. The zero-order valence-corrected chi connectivity index (χ0v) is 9.41. The van der Waals surface area contributed by atoms with Crippen molar-refractivity contribution in [1.29, 1.82) is 0 Å². The summed E-state index contributed by atoms with van der Waals surface area (Å²) in [4.78, 5) is 2.61. The van der Waals surface area contributed by atoms with Gasteiger partial charge in [0, 0.05) is 19.1 Å². The van der Waals surface area contributed by atoms with Crippen molar-refractivity contribution in [2.45, 2.75) is 38.6 Å². The van der Waals surface area contributed by atoms with E-state index in [-0.39, 0.29) is 0 Å². The second kappa shape index (κ2) is 7.21. The van der Waals surface area contributed by atoms with Crippen LogP contribution in [-0.2, 0) is 0 Å². The summed E-state index contributed by atoms with van der Waals surface area (Å²) in [5.74, 6) is 0. The Kier molecular flexibility index (Phi) is 6.15. The van der Waals surface area contributed by atoms with Gasteiger partial charge in [-0.2, -0.15) is 0 Å². The average Bonchev–Trinajstić information content (AvgIpc) is 2.25. The topological polar surface area (TPSA) is 43.4 Å². The van der Waals surface area contributed by atoms with Crippen LogP contribution in [0.15, 0.2) is 0 Å². The maximum atomic E-state index is 5.56. The standard InChI is InChI=1S/C11H24N3/c1-2-9-14(10-3-6-12)11-4-7-13-8-5-11/h11H,2-10,12H2,1H3. The molecule has 0 aliphatic carbocycles. The third-order valence-corrected chi connectivity index (χ3v) is 2.92. The third kappa shape index (κ3) is 3.95. The molecule has 2 N–H and O–H groups in total. The number of piperidine rings is 1. The molecule has 0 spiro atoms. The van der Waals surface area contributed by atoms with Gasteiger partial charge in [0.2, 0.25) is 0 Å². The maximum absolute atomic E-state index is 5.56. The molecule has 1 aliphatic rings. The summed E-state index contributed by atoms with van der Waals surface area (Å²) in [6.07, 6.45) is 4.89. The number of nitrogens with two attached hydrogens (primary N) is 1. The van der Waals surface area contributed by atoms with Crippen molar-refractivity contribution in [3.8, 4) is 0 Å². The summed E-state index contributed by atoms with van der Waals surface area (Å²) in [6, 6.07) is 0.777. The quantitative estimate of drug-likeness (QED) is 0.686. The molecule has 1 radical (unpaired) electrons. The molecule has 1 heterocycles. The molecule has 0 aromatic heterocycles. The van der Waals surface area contributed by atoms with Crippen LogP contribution in [0, 0.1) is 0 Å². The predicted molar refractivity (Wildman–Crippen MR) is 60.4 cm³/mol. The number of hydrogen-bond donors (Lipinski definition) is 1. The van der Waals surface area contributed by atoms with Crippen molar-refractivity contribution in [2.24, 2.45) is 5.73 Å². The van der Waals surface area contributed by atoms with Gasteiger partial charge >= 0.3 is 0 Å². The molecule has 1 aliphatic heterocycles. The van der Waals surface area contributed by atoms with E-state index >= 15 is 0 Å². The van der Waals surface area contributed by atoms with Crippen LogP contribution in [0.1, 0.15) is 32.6 Å². The highest BCUT2D eigenvalue weighted by Gasteiger charge is 2.19. The minimum Gasteiger partial charge on any atom is -0.330 e. The molecule has 0 aromatic rings. The van der Waals surface area contributed by atoms with Crippen LogP contribution in [0.25, 0.3) is 0 Å². The van der Waals surface area contributed by atoms with E-state index in [2.05, 4.69) is 17.1 Å². The Morgan fingerprint density at radius 3 is 2.57 bits per heavy atom. The number of nitrogens with zero attached hydrogens (tertiary/aromatic N) is 2. The molecular weight excluding hydrogens is 174 g/mol. The molecule has 0 bridgehead atoms. The summed E-state index contributed by atoms with van der Waals surface area (Å²) in [6.45, 7) is 7.60. The monoisotopic (exact) mass is 198 g/mol. The number of hydrogen-bond acceptors (Lipinski definition) is 2. The summed E-state index contributed by atoms with van der Waals surface area (Å²) >= 11 is 0. The first kappa shape index (κ1) is 12.0. The second-order valence-corrected chi connectivity index (χ2v) is 4.08. The normalized spacial score (nSPS) is 19.1. The average molecular weight is 198 g/mol. The van der Waals surface area contributed by atoms with Crippen LogP contribution in [0.5, 0.6) is 0 Å². The summed E-state index contributed by atoms with van der Waals surface area (Å²) in [5, 5.41) is 4.40. The van der Waals surface area contributed by atoms with Gasteiger partial charge < -0.3 is 10.6 Å². The second-order valence-electron chi connectivity index (χ2n) is 4.08. The fourth-order valence-electron chi connectivity index (χ4n) is 2.16. The van der Waals surface area contributed by atoms with Crippen molar-refractivity contribution in [3.63, 3.8) is 0 Å². The van der Waals surface area contributed by atoms with Gasteiger partial charge in [-0.25, -0.2) is 5.32 Å². The highest BCUT2D eigenvalue weighted by atomic mass is 15.2. The molecule has 1 saturated heterocycles. The molecule has 0 unspecified atom stereocenters. The van der Waals surface area contributed by atoms with E-state index in [1.165, 1.54) is 32.4 Å². The van der Waals surface area contributed by atoms with Gasteiger partial charge in [-0.15, -0.1) is 0 Å². The predicted octanol–water partition coefficient (Wildman–Crippen LogP) is 0.814. The SMILES string of the molecule is CCCN(CCCN)C1CC[N]CC1. The summed E-state index contributed by atoms with van der Waals surface area (Å²) in [5.41, 5.74) is 5.56. The lowest BCUT2D eigenvalue weighted by atomic mass is 10.0. The van der Waals surface area contributed by atoms with Gasteiger partial charge in [0.25, 0.3) is 0 Å². The zero-order valence-electron chi connectivity index (χ0n) is 9.41. The van der Waals surface area contributed by atoms with E-state index in [0.29, 0.717) is 0 Å². The van der Waals surface area contributed by atoms with Crippen LogP contribution in [0.3, 0.4) is 0 Å². The van der Waals surface area contributed by atoms with Crippen LogP contribution in [-0.4, -0.2) is 43.7 Å². The Hall–Kier alpha value is -0.120. The van der Waals surface area contributed by atoms with E-state index in [0.717, 1.165) is 32.1 Å². The maximum Gasteiger partial charge on any atom is 0.0148 e. The van der Waals surface area contributed by atoms with Gasteiger partial charge in [-0.05, 0) is 45.3 Å². The lowest BCUT2D eigenvalue weighted by Crippen LogP contribution is -2.42. The zero-order chi connectivity index (χ0) is 10.2. The highest BCUT2D eigenvalue weighted by molar-refractivity contribution is 4.77. The smallest absolute Gasteiger partial charge is 0.0148 e. The molecule has 83 valence electrons. The molecule has 0 atom stereocenters. The molecule has 0 amide bonds. The molecule has 1 rings (SSSR count). The van der Waals surface area contributed by atoms with E-state index in [1.807, 2.05) is 0 Å². The molecule has 3 heteroatoms. The highest BCUT2D eigenvalue weighted by Crippen LogP contribution is 2.13. The first-order valence-electron chi connectivity index (χ1n) is 5.95. The molecule has 14 heavy (non-hydrogen) atoms. The molecule has 0 saturated carbocycles. The third-order valence-electron chi connectivity index (χ3n) is 2.92. The van der Waals surface area contributed by atoms with E-state index < -0.39 is 0 Å². The first-order chi connectivity index (χ1) is 6.88. The van der Waals surface area contributed by atoms with Crippen LogP contribution >= 0.6 is 0 Å². The first-order valence-corrected chi connectivity index (χ1v) is 5.95. The Balaban J connectivity index is 2.30. The van der Waals surface area contributed by atoms with Gasteiger partial charge in [0.15, 0.2) is 0 Å². The summed E-state index contributed by atoms with van der Waals surface area (Å²) < 4.78 is 0. The Labute approximate surface area is 88.0 Å².